The second-order valence-corrected chi connectivity index (χ2v) is 6.17. The minimum absolute atomic E-state index is 0.879. The largest absolute Gasteiger partial charge is 0.497 e. The Kier molecular flexibility index (Phi) is 5.35. The zero-order valence-corrected chi connectivity index (χ0v) is 15.1. The van der Waals surface area contributed by atoms with Crippen LogP contribution in [0.1, 0.15) is 35.6 Å². The van der Waals surface area contributed by atoms with Crippen LogP contribution in [0.3, 0.4) is 0 Å². The molecule has 0 aliphatic rings. The van der Waals surface area contributed by atoms with Gasteiger partial charge in [-0.25, -0.2) is 0 Å². The second kappa shape index (κ2) is 7.85. The van der Waals surface area contributed by atoms with Crippen molar-refractivity contribution in [2.75, 3.05) is 7.11 Å². The highest BCUT2D eigenvalue weighted by Gasteiger charge is 2.13. The molecule has 0 saturated heterocycles. The van der Waals surface area contributed by atoms with Crippen molar-refractivity contribution in [3.05, 3.63) is 101 Å². The van der Waals surface area contributed by atoms with E-state index in [1.165, 1.54) is 33.4 Å². The lowest BCUT2D eigenvalue weighted by Gasteiger charge is -2.17. The Labute approximate surface area is 150 Å². The molecule has 3 aromatic carbocycles. The van der Waals surface area contributed by atoms with Crippen molar-refractivity contribution in [2.24, 2.45) is 0 Å². The number of rotatable bonds is 5. The summed E-state index contributed by atoms with van der Waals surface area (Å²) in [5, 5.41) is 0. The summed E-state index contributed by atoms with van der Waals surface area (Å²) in [6.07, 6.45) is 0.971. The Balaban J connectivity index is 2.23. The number of benzene rings is 3. The van der Waals surface area contributed by atoms with E-state index < -0.39 is 0 Å². The fraction of sp³-hybridized carbons (Fsp3) is 0.167. The summed E-state index contributed by atoms with van der Waals surface area (Å²) in [6.45, 7) is 4.35. The highest BCUT2D eigenvalue weighted by atomic mass is 16.5. The molecule has 0 atom stereocenters. The maximum absolute atomic E-state index is 5.33. The highest BCUT2D eigenvalue weighted by Crippen LogP contribution is 2.35. The zero-order chi connectivity index (χ0) is 17.6. The highest BCUT2D eigenvalue weighted by molar-refractivity contribution is 5.98. The fourth-order valence-corrected chi connectivity index (χ4v) is 3.16. The first-order valence-corrected chi connectivity index (χ1v) is 8.73. The van der Waals surface area contributed by atoms with Crippen LogP contribution in [0.4, 0.5) is 0 Å². The van der Waals surface area contributed by atoms with Gasteiger partial charge in [-0.15, -0.1) is 0 Å². The van der Waals surface area contributed by atoms with Crippen LogP contribution in [0.5, 0.6) is 5.75 Å². The van der Waals surface area contributed by atoms with Crippen molar-refractivity contribution < 1.29 is 4.74 Å². The van der Waals surface area contributed by atoms with Crippen molar-refractivity contribution in [3.63, 3.8) is 0 Å². The monoisotopic (exact) mass is 328 g/mol. The Hall–Kier alpha value is -2.80. The van der Waals surface area contributed by atoms with E-state index in [2.05, 4.69) is 80.6 Å². The molecule has 0 aliphatic carbocycles. The van der Waals surface area contributed by atoms with Crippen molar-refractivity contribution in [1.29, 1.82) is 0 Å². The average Bonchev–Trinajstić information content (AvgIpc) is 2.68. The molecule has 0 unspecified atom stereocenters. The normalized spacial score (nSPS) is 11.8. The lowest BCUT2D eigenvalue weighted by atomic mass is 9.88. The molecule has 0 amide bonds. The van der Waals surface area contributed by atoms with Gasteiger partial charge >= 0.3 is 0 Å². The maximum Gasteiger partial charge on any atom is 0.118 e. The van der Waals surface area contributed by atoms with Crippen molar-refractivity contribution in [1.82, 2.24) is 0 Å². The van der Waals surface area contributed by atoms with Crippen LogP contribution in [0.25, 0.3) is 11.1 Å². The predicted octanol–water partition coefficient (Wildman–Crippen LogP) is 6.37. The molecular weight excluding hydrogens is 304 g/mol. The summed E-state index contributed by atoms with van der Waals surface area (Å²) < 4.78 is 5.33. The van der Waals surface area contributed by atoms with E-state index in [-0.39, 0.29) is 0 Å². The number of hydrogen-bond acceptors (Lipinski definition) is 1. The van der Waals surface area contributed by atoms with Crippen LogP contribution in [-0.4, -0.2) is 7.11 Å². The standard InChI is InChI=1S/C24H24O/c1-4-23(19-8-6-5-7-9-19)24(20-12-10-18(2)11-13-20)21-14-16-22(25-3)17-15-21/h5-17H,4H2,1-3H3/b24-23+. The van der Waals surface area contributed by atoms with Crippen LogP contribution in [-0.2, 0) is 0 Å². The van der Waals surface area contributed by atoms with E-state index in [1.807, 2.05) is 12.1 Å². The third-order valence-electron chi connectivity index (χ3n) is 4.50. The van der Waals surface area contributed by atoms with Crippen LogP contribution in [0.2, 0.25) is 0 Å². The van der Waals surface area contributed by atoms with E-state index in [9.17, 15) is 0 Å². The van der Waals surface area contributed by atoms with E-state index in [1.54, 1.807) is 7.11 Å². The van der Waals surface area contributed by atoms with Gasteiger partial charge in [0.15, 0.2) is 0 Å². The molecule has 3 aromatic rings. The summed E-state index contributed by atoms with van der Waals surface area (Å²) in [5.74, 6) is 0.879. The molecule has 25 heavy (non-hydrogen) atoms. The topological polar surface area (TPSA) is 9.23 Å². The molecule has 3 rings (SSSR count). The first-order chi connectivity index (χ1) is 12.2. The quantitative estimate of drug-likeness (QED) is 0.494. The van der Waals surface area contributed by atoms with Crippen LogP contribution in [0, 0.1) is 6.92 Å². The van der Waals surface area contributed by atoms with Gasteiger partial charge in [0.1, 0.15) is 5.75 Å². The SMILES string of the molecule is CC/C(=C(/c1ccc(C)cc1)c1ccc(OC)cc1)c1ccccc1. The van der Waals surface area contributed by atoms with Crippen LogP contribution < -0.4 is 4.74 Å². The second-order valence-electron chi connectivity index (χ2n) is 6.17. The van der Waals surface area contributed by atoms with Crippen molar-refractivity contribution in [3.8, 4) is 5.75 Å². The van der Waals surface area contributed by atoms with Gasteiger partial charge < -0.3 is 4.74 Å². The molecular formula is C24H24O. The van der Waals surface area contributed by atoms with Gasteiger partial charge in [-0.05, 0) is 53.3 Å². The summed E-state index contributed by atoms with van der Waals surface area (Å²) in [5.41, 5.74) is 7.65. The number of aryl methyl sites for hydroxylation is 1. The maximum atomic E-state index is 5.33. The molecule has 0 bridgehead atoms. The van der Waals surface area contributed by atoms with Gasteiger partial charge in [0.25, 0.3) is 0 Å². The van der Waals surface area contributed by atoms with E-state index in [0.29, 0.717) is 0 Å². The number of allylic oxidation sites excluding steroid dienone is 1. The molecule has 1 nitrogen and oxygen atoms in total. The molecule has 0 N–H and O–H groups in total. The zero-order valence-electron chi connectivity index (χ0n) is 15.1. The first-order valence-electron chi connectivity index (χ1n) is 8.73. The Morgan fingerprint density at radius 1 is 0.720 bits per heavy atom. The molecule has 0 spiro atoms. The van der Waals surface area contributed by atoms with Gasteiger partial charge in [-0.3, -0.25) is 0 Å². The molecule has 0 fully saturated rings. The smallest absolute Gasteiger partial charge is 0.118 e. The summed E-state index contributed by atoms with van der Waals surface area (Å²) in [4.78, 5) is 0. The molecule has 0 aromatic heterocycles. The Bertz CT molecular complexity index is 841. The van der Waals surface area contributed by atoms with Crippen LogP contribution in [0.15, 0.2) is 78.9 Å². The third kappa shape index (κ3) is 3.83. The molecule has 0 aliphatic heterocycles. The summed E-state index contributed by atoms with van der Waals surface area (Å²) in [6, 6.07) is 27.8. The third-order valence-corrected chi connectivity index (χ3v) is 4.50. The number of hydrogen-bond donors (Lipinski definition) is 0. The predicted molar refractivity (Wildman–Crippen MR) is 107 cm³/mol. The van der Waals surface area contributed by atoms with Crippen LogP contribution >= 0.6 is 0 Å². The molecule has 0 radical (unpaired) electrons. The van der Waals surface area contributed by atoms with Gasteiger partial charge in [-0.1, -0.05) is 79.2 Å². The van der Waals surface area contributed by atoms with Crippen molar-refractivity contribution in [2.45, 2.75) is 20.3 Å². The van der Waals surface area contributed by atoms with Gasteiger partial charge in [0.05, 0.1) is 7.11 Å². The van der Waals surface area contributed by atoms with Gasteiger partial charge in [0, 0.05) is 0 Å². The minimum atomic E-state index is 0.879. The lowest BCUT2D eigenvalue weighted by molar-refractivity contribution is 0.415. The fourth-order valence-electron chi connectivity index (χ4n) is 3.16. The summed E-state index contributed by atoms with van der Waals surface area (Å²) in [7, 11) is 1.70. The number of ether oxygens (including phenoxy) is 1. The Morgan fingerprint density at radius 3 is 1.80 bits per heavy atom. The molecule has 126 valence electrons. The Morgan fingerprint density at radius 2 is 1.28 bits per heavy atom. The van der Waals surface area contributed by atoms with Gasteiger partial charge in [-0.2, -0.15) is 0 Å². The van der Waals surface area contributed by atoms with Gasteiger partial charge in [0.2, 0.25) is 0 Å². The van der Waals surface area contributed by atoms with E-state index >= 15 is 0 Å². The van der Waals surface area contributed by atoms with Crippen molar-refractivity contribution >= 4 is 11.1 Å². The summed E-state index contributed by atoms with van der Waals surface area (Å²) >= 11 is 0. The molecule has 0 heterocycles. The van der Waals surface area contributed by atoms with E-state index in [4.69, 9.17) is 4.74 Å². The lowest BCUT2D eigenvalue weighted by Crippen LogP contribution is -1.95. The minimum Gasteiger partial charge on any atom is -0.497 e. The average molecular weight is 328 g/mol. The van der Waals surface area contributed by atoms with E-state index in [0.717, 1.165) is 12.2 Å². The number of methoxy groups -OCH3 is 1. The molecule has 1 heteroatoms. The molecule has 0 saturated carbocycles. The first kappa shape index (κ1) is 17.0.